The van der Waals surface area contributed by atoms with Crippen LogP contribution in [0.3, 0.4) is 0 Å². The van der Waals surface area contributed by atoms with Crippen LogP contribution in [0.25, 0.3) is 0 Å². The van der Waals surface area contributed by atoms with Gasteiger partial charge in [0.2, 0.25) is 15.9 Å². The fourth-order valence-corrected chi connectivity index (χ4v) is 5.88. The molecule has 0 aromatic heterocycles. The van der Waals surface area contributed by atoms with E-state index in [2.05, 4.69) is 0 Å². The van der Waals surface area contributed by atoms with Gasteiger partial charge in [-0.15, -0.1) is 0 Å². The van der Waals surface area contributed by atoms with E-state index in [1.54, 1.807) is 6.07 Å². The Hall–Kier alpha value is -1.47. The lowest BCUT2D eigenvalue weighted by molar-refractivity contribution is -0.137. The Kier molecular flexibility index (Phi) is 6.52. The van der Waals surface area contributed by atoms with E-state index in [9.17, 15) is 17.6 Å². The molecule has 7 heteroatoms. The minimum atomic E-state index is -3.27. The molecule has 5 nitrogen and oxygen atoms in total. The average molecular weight is 397 g/mol. The van der Waals surface area contributed by atoms with Crippen molar-refractivity contribution in [2.24, 2.45) is 5.92 Å². The normalized spacial score (nSPS) is 24.3. The van der Waals surface area contributed by atoms with E-state index in [-0.39, 0.29) is 29.4 Å². The van der Waals surface area contributed by atoms with E-state index in [0.29, 0.717) is 32.5 Å². The van der Waals surface area contributed by atoms with Gasteiger partial charge >= 0.3 is 0 Å². The number of sulfonamides is 1. The molecule has 1 amide bonds. The summed E-state index contributed by atoms with van der Waals surface area (Å²) in [6, 6.07) is 6.62. The number of halogens is 1. The Morgan fingerprint density at radius 3 is 2.74 bits per heavy atom. The van der Waals surface area contributed by atoms with Gasteiger partial charge in [0.25, 0.3) is 0 Å². The number of rotatable bonds is 6. The molecule has 0 spiro atoms. The quantitative estimate of drug-likeness (QED) is 0.743. The van der Waals surface area contributed by atoms with Crippen molar-refractivity contribution in [2.75, 3.05) is 25.4 Å². The smallest absolute Gasteiger partial charge is 0.227 e. The van der Waals surface area contributed by atoms with Crippen LogP contribution in [0.15, 0.2) is 24.3 Å². The van der Waals surface area contributed by atoms with Crippen LogP contribution in [-0.4, -0.2) is 55.0 Å². The van der Waals surface area contributed by atoms with Gasteiger partial charge < -0.3 is 4.90 Å². The molecule has 0 saturated carbocycles. The lowest BCUT2D eigenvalue weighted by Crippen LogP contribution is -2.48. The maximum atomic E-state index is 13.5. The van der Waals surface area contributed by atoms with Crippen molar-refractivity contribution in [3.8, 4) is 0 Å². The van der Waals surface area contributed by atoms with Gasteiger partial charge in [0.05, 0.1) is 11.7 Å². The molecular formula is C20H29FN2O3S. The van der Waals surface area contributed by atoms with Crippen LogP contribution in [0.4, 0.5) is 4.39 Å². The van der Waals surface area contributed by atoms with E-state index in [1.165, 1.54) is 16.4 Å². The predicted octanol–water partition coefficient (Wildman–Crippen LogP) is 2.81. The standard InChI is InChI=1S/C20H29FN2O3S/c1-2-12-27(25,26)22-10-4-7-17(15-22)20(24)23-11-5-9-19(23)14-16-6-3-8-18(21)13-16/h3,6,8,13,17,19H,2,4-5,7,9-12,14-15H2,1H3. The largest absolute Gasteiger partial charge is 0.339 e. The number of carbonyl (C=O) groups is 1. The summed E-state index contributed by atoms with van der Waals surface area (Å²) >= 11 is 0. The number of benzene rings is 1. The minimum absolute atomic E-state index is 0.0605. The molecule has 2 saturated heterocycles. The first-order valence-electron chi connectivity index (χ1n) is 9.93. The molecule has 0 radical (unpaired) electrons. The number of likely N-dealkylation sites (tertiary alicyclic amines) is 1. The van der Waals surface area contributed by atoms with Crippen molar-refractivity contribution in [1.29, 1.82) is 0 Å². The van der Waals surface area contributed by atoms with Crippen molar-refractivity contribution in [3.05, 3.63) is 35.6 Å². The molecule has 2 aliphatic rings. The van der Waals surface area contributed by atoms with Crippen molar-refractivity contribution in [1.82, 2.24) is 9.21 Å². The van der Waals surface area contributed by atoms with Crippen molar-refractivity contribution in [3.63, 3.8) is 0 Å². The topological polar surface area (TPSA) is 57.7 Å². The van der Waals surface area contributed by atoms with E-state index in [1.807, 2.05) is 17.9 Å². The molecule has 2 atom stereocenters. The first-order valence-corrected chi connectivity index (χ1v) is 11.5. The highest BCUT2D eigenvalue weighted by molar-refractivity contribution is 7.89. The molecular weight excluding hydrogens is 367 g/mol. The van der Waals surface area contributed by atoms with Crippen LogP contribution in [0.5, 0.6) is 0 Å². The second kappa shape index (κ2) is 8.69. The molecule has 1 aromatic rings. The third-order valence-corrected chi connectivity index (χ3v) is 7.65. The Bertz CT molecular complexity index is 768. The third-order valence-electron chi connectivity index (χ3n) is 5.61. The van der Waals surface area contributed by atoms with E-state index < -0.39 is 10.0 Å². The molecule has 150 valence electrons. The van der Waals surface area contributed by atoms with Crippen LogP contribution in [0, 0.1) is 11.7 Å². The molecule has 0 aliphatic carbocycles. The maximum absolute atomic E-state index is 13.5. The minimum Gasteiger partial charge on any atom is -0.339 e. The highest BCUT2D eigenvalue weighted by Crippen LogP contribution is 2.27. The summed E-state index contributed by atoms with van der Waals surface area (Å²) in [4.78, 5) is 15.0. The van der Waals surface area contributed by atoms with Crippen LogP contribution >= 0.6 is 0 Å². The van der Waals surface area contributed by atoms with Gasteiger partial charge in [0, 0.05) is 25.7 Å². The van der Waals surface area contributed by atoms with Crippen LogP contribution in [-0.2, 0) is 21.2 Å². The fraction of sp³-hybridized carbons (Fsp3) is 0.650. The first kappa shape index (κ1) is 20.3. The van der Waals surface area contributed by atoms with Gasteiger partial charge in [-0.3, -0.25) is 4.79 Å². The van der Waals surface area contributed by atoms with E-state index in [0.717, 1.165) is 31.2 Å². The number of hydrogen-bond donors (Lipinski definition) is 0. The van der Waals surface area contributed by atoms with Gasteiger partial charge in [-0.05, 0) is 56.2 Å². The van der Waals surface area contributed by atoms with Crippen molar-refractivity contribution in [2.45, 2.75) is 51.5 Å². The van der Waals surface area contributed by atoms with Gasteiger partial charge in [-0.25, -0.2) is 17.1 Å². The fourth-order valence-electron chi connectivity index (χ4n) is 4.29. The number of hydrogen-bond acceptors (Lipinski definition) is 3. The number of amides is 1. The van der Waals surface area contributed by atoms with Crippen LogP contribution in [0.1, 0.15) is 44.6 Å². The van der Waals surface area contributed by atoms with Crippen LogP contribution in [0.2, 0.25) is 0 Å². The zero-order valence-corrected chi connectivity index (χ0v) is 16.8. The van der Waals surface area contributed by atoms with Crippen LogP contribution < -0.4 is 0 Å². The lowest BCUT2D eigenvalue weighted by atomic mass is 9.96. The van der Waals surface area contributed by atoms with Crippen molar-refractivity contribution >= 4 is 15.9 Å². The molecule has 0 bridgehead atoms. The number of piperidine rings is 1. The summed E-state index contributed by atoms with van der Waals surface area (Å²) in [6.45, 7) is 3.37. The Balaban J connectivity index is 1.66. The van der Waals surface area contributed by atoms with E-state index in [4.69, 9.17) is 0 Å². The molecule has 2 heterocycles. The number of carbonyl (C=O) groups excluding carboxylic acids is 1. The molecule has 2 aliphatic heterocycles. The summed E-state index contributed by atoms with van der Waals surface area (Å²) in [7, 11) is -3.27. The average Bonchev–Trinajstić information content (AvgIpc) is 3.09. The second-order valence-electron chi connectivity index (χ2n) is 7.67. The summed E-state index contributed by atoms with van der Waals surface area (Å²) in [5.41, 5.74) is 0.899. The van der Waals surface area contributed by atoms with Gasteiger partial charge in [0.15, 0.2) is 0 Å². The number of nitrogens with zero attached hydrogens (tertiary/aromatic N) is 2. The zero-order valence-electron chi connectivity index (χ0n) is 15.9. The van der Waals surface area contributed by atoms with E-state index >= 15 is 0 Å². The predicted molar refractivity (Wildman–Crippen MR) is 103 cm³/mol. The third kappa shape index (κ3) is 4.88. The Morgan fingerprint density at radius 2 is 2.00 bits per heavy atom. The first-order chi connectivity index (χ1) is 12.9. The SMILES string of the molecule is CCCS(=O)(=O)N1CCCC(C(=O)N2CCCC2Cc2cccc(F)c2)C1. The molecule has 2 fully saturated rings. The second-order valence-corrected chi connectivity index (χ2v) is 9.76. The Morgan fingerprint density at radius 1 is 1.22 bits per heavy atom. The molecule has 0 N–H and O–H groups in total. The summed E-state index contributed by atoms with van der Waals surface area (Å²) in [6.07, 6.45) is 4.54. The summed E-state index contributed by atoms with van der Waals surface area (Å²) in [5.74, 6) is -0.323. The highest BCUT2D eigenvalue weighted by Gasteiger charge is 2.37. The van der Waals surface area contributed by atoms with Gasteiger partial charge in [0.1, 0.15) is 5.82 Å². The lowest BCUT2D eigenvalue weighted by Gasteiger charge is -2.35. The molecule has 3 rings (SSSR count). The molecule has 2 unspecified atom stereocenters. The van der Waals surface area contributed by atoms with Gasteiger partial charge in [-0.1, -0.05) is 19.1 Å². The monoisotopic (exact) mass is 396 g/mol. The summed E-state index contributed by atoms with van der Waals surface area (Å²) in [5, 5.41) is 0. The molecule has 27 heavy (non-hydrogen) atoms. The maximum Gasteiger partial charge on any atom is 0.227 e. The Labute approximate surface area is 161 Å². The zero-order chi connectivity index (χ0) is 19.4. The van der Waals surface area contributed by atoms with Crippen molar-refractivity contribution < 1.29 is 17.6 Å². The molecule has 1 aromatic carbocycles. The highest BCUT2D eigenvalue weighted by atomic mass is 32.2. The summed E-state index contributed by atoms with van der Waals surface area (Å²) < 4.78 is 39.7. The van der Waals surface area contributed by atoms with Gasteiger partial charge in [-0.2, -0.15) is 0 Å².